The van der Waals surface area contributed by atoms with Crippen molar-refractivity contribution in [3.63, 3.8) is 0 Å². The summed E-state index contributed by atoms with van der Waals surface area (Å²) in [4.78, 5) is 20.0. The summed E-state index contributed by atoms with van der Waals surface area (Å²) in [6.45, 7) is 7.38. The van der Waals surface area contributed by atoms with Crippen LogP contribution in [0, 0.1) is 0 Å². The zero-order chi connectivity index (χ0) is 15.5. The van der Waals surface area contributed by atoms with E-state index in [9.17, 15) is 4.79 Å². The maximum atomic E-state index is 11.8. The van der Waals surface area contributed by atoms with Gasteiger partial charge in [0.2, 0.25) is 0 Å². The van der Waals surface area contributed by atoms with Crippen LogP contribution in [0.15, 0.2) is 37.1 Å². The third kappa shape index (κ3) is 4.05. The fraction of sp³-hybridized carbons (Fsp3) is 0.400. The van der Waals surface area contributed by atoms with E-state index in [1.807, 2.05) is 44.4 Å². The van der Waals surface area contributed by atoms with Gasteiger partial charge in [-0.25, -0.2) is 9.78 Å². The van der Waals surface area contributed by atoms with Gasteiger partial charge < -0.3 is 14.6 Å². The van der Waals surface area contributed by atoms with Gasteiger partial charge in [0, 0.05) is 18.1 Å². The maximum Gasteiger partial charge on any atom is 0.408 e. The smallest absolute Gasteiger partial charge is 0.408 e. The molecular weight excluding hydrogens is 268 g/mol. The minimum Gasteiger partial charge on any atom is -0.444 e. The van der Waals surface area contributed by atoms with E-state index in [0.717, 1.165) is 11.4 Å². The summed E-state index contributed by atoms with van der Waals surface area (Å²) >= 11 is 0. The van der Waals surface area contributed by atoms with Gasteiger partial charge in [0.15, 0.2) is 0 Å². The molecule has 0 fully saturated rings. The molecule has 2 rings (SSSR count). The van der Waals surface area contributed by atoms with Gasteiger partial charge in [0.05, 0.1) is 24.3 Å². The van der Waals surface area contributed by atoms with Crippen LogP contribution in [-0.2, 0) is 4.74 Å². The number of ether oxygens (including phenoxy) is 1. The second kappa shape index (κ2) is 5.95. The van der Waals surface area contributed by atoms with E-state index in [1.165, 1.54) is 0 Å². The van der Waals surface area contributed by atoms with E-state index in [1.54, 1.807) is 24.9 Å². The normalized spacial score (nSPS) is 12.8. The van der Waals surface area contributed by atoms with E-state index in [2.05, 4.69) is 15.3 Å². The van der Waals surface area contributed by atoms with Crippen LogP contribution in [0.5, 0.6) is 0 Å². The second-order valence-electron chi connectivity index (χ2n) is 5.76. The van der Waals surface area contributed by atoms with Crippen molar-refractivity contribution in [2.24, 2.45) is 0 Å². The average Bonchev–Trinajstić information content (AvgIpc) is 2.86. The molecule has 0 unspecified atom stereocenters. The molecule has 1 amide bonds. The van der Waals surface area contributed by atoms with E-state index in [-0.39, 0.29) is 6.04 Å². The van der Waals surface area contributed by atoms with Gasteiger partial charge in [-0.1, -0.05) is 0 Å². The number of rotatable bonds is 3. The van der Waals surface area contributed by atoms with Crippen LogP contribution in [0.25, 0.3) is 5.69 Å². The first-order valence-electron chi connectivity index (χ1n) is 6.79. The Bertz CT molecular complexity index is 602. The van der Waals surface area contributed by atoms with Gasteiger partial charge in [-0.05, 0) is 39.8 Å². The lowest BCUT2D eigenvalue weighted by atomic mass is 10.2. The summed E-state index contributed by atoms with van der Waals surface area (Å²) in [6, 6.07) is 3.53. The largest absolute Gasteiger partial charge is 0.444 e. The summed E-state index contributed by atoms with van der Waals surface area (Å²) in [5, 5.41) is 2.81. The van der Waals surface area contributed by atoms with E-state index in [0.29, 0.717) is 0 Å². The number of amides is 1. The van der Waals surface area contributed by atoms with Crippen LogP contribution >= 0.6 is 0 Å². The van der Waals surface area contributed by atoms with Gasteiger partial charge in [-0.15, -0.1) is 0 Å². The number of nitrogens with zero attached hydrogens (tertiary/aromatic N) is 3. The first kappa shape index (κ1) is 15.0. The molecule has 0 bridgehead atoms. The van der Waals surface area contributed by atoms with Crippen molar-refractivity contribution >= 4 is 6.09 Å². The number of alkyl carbamates (subject to hydrolysis) is 1. The van der Waals surface area contributed by atoms with E-state index < -0.39 is 11.7 Å². The molecule has 21 heavy (non-hydrogen) atoms. The molecule has 0 aliphatic carbocycles. The Morgan fingerprint density at radius 2 is 1.95 bits per heavy atom. The number of aromatic nitrogens is 3. The Balaban J connectivity index is 2.13. The Kier molecular flexibility index (Phi) is 4.26. The van der Waals surface area contributed by atoms with Gasteiger partial charge in [-0.2, -0.15) is 0 Å². The highest BCUT2D eigenvalue weighted by atomic mass is 16.6. The van der Waals surface area contributed by atoms with Crippen LogP contribution in [0.2, 0.25) is 0 Å². The lowest BCUT2D eigenvalue weighted by Gasteiger charge is -2.22. The molecule has 2 heterocycles. The van der Waals surface area contributed by atoms with Gasteiger partial charge >= 0.3 is 6.09 Å². The van der Waals surface area contributed by atoms with Crippen LogP contribution < -0.4 is 5.32 Å². The topological polar surface area (TPSA) is 69.0 Å². The second-order valence-corrected chi connectivity index (χ2v) is 5.76. The summed E-state index contributed by atoms with van der Waals surface area (Å²) in [5.74, 6) is 0. The molecule has 0 saturated heterocycles. The van der Waals surface area contributed by atoms with Crippen molar-refractivity contribution in [2.45, 2.75) is 39.3 Å². The van der Waals surface area contributed by atoms with Crippen molar-refractivity contribution < 1.29 is 9.53 Å². The SMILES string of the molecule is C[C@H](NC(=O)OC(C)(C)C)c1cncn1-c1ccncc1. The molecule has 6 heteroatoms. The van der Waals surface area contributed by atoms with Crippen molar-refractivity contribution in [1.82, 2.24) is 19.9 Å². The quantitative estimate of drug-likeness (QED) is 0.943. The molecule has 2 aromatic rings. The fourth-order valence-corrected chi connectivity index (χ4v) is 1.90. The molecule has 112 valence electrons. The predicted molar refractivity (Wildman–Crippen MR) is 79.1 cm³/mol. The number of imidazole rings is 1. The standard InChI is InChI=1S/C15H20N4O2/c1-11(18-14(20)21-15(2,3)4)13-9-17-10-19(13)12-5-7-16-8-6-12/h5-11H,1-4H3,(H,18,20)/t11-/m0/s1. The highest BCUT2D eigenvalue weighted by Gasteiger charge is 2.20. The Morgan fingerprint density at radius 3 is 2.57 bits per heavy atom. The highest BCUT2D eigenvalue weighted by Crippen LogP contribution is 2.17. The summed E-state index contributed by atoms with van der Waals surface area (Å²) < 4.78 is 7.17. The molecule has 0 aliphatic heterocycles. The zero-order valence-electron chi connectivity index (χ0n) is 12.7. The van der Waals surface area contributed by atoms with Crippen molar-refractivity contribution in [1.29, 1.82) is 0 Å². The third-order valence-electron chi connectivity index (χ3n) is 2.78. The van der Waals surface area contributed by atoms with Crippen LogP contribution in [0.3, 0.4) is 0 Å². The van der Waals surface area contributed by atoms with Crippen molar-refractivity contribution in [3.05, 3.63) is 42.7 Å². The highest BCUT2D eigenvalue weighted by molar-refractivity contribution is 5.68. The molecule has 0 aromatic carbocycles. The monoisotopic (exact) mass is 288 g/mol. The number of carbonyl (C=O) groups is 1. The minimum atomic E-state index is -0.519. The van der Waals surface area contributed by atoms with Gasteiger partial charge in [0.25, 0.3) is 0 Å². The summed E-state index contributed by atoms with van der Waals surface area (Å²) in [6.07, 6.45) is 6.41. The van der Waals surface area contributed by atoms with E-state index >= 15 is 0 Å². The molecular formula is C15H20N4O2. The Labute approximate surface area is 124 Å². The first-order valence-corrected chi connectivity index (χ1v) is 6.79. The molecule has 0 spiro atoms. The molecule has 0 radical (unpaired) electrons. The third-order valence-corrected chi connectivity index (χ3v) is 2.78. The fourth-order valence-electron chi connectivity index (χ4n) is 1.90. The number of hydrogen-bond acceptors (Lipinski definition) is 4. The summed E-state index contributed by atoms with van der Waals surface area (Å²) in [5.41, 5.74) is 1.29. The summed E-state index contributed by atoms with van der Waals surface area (Å²) in [7, 11) is 0. The molecule has 6 nitrogen and oxygen atoms in total. The lowest BCUT2D eigenvalue weighted by molar-refractivity contribution is 0.0506. The van der Waals surface area contributed by atoms with Crippen molar-refractivity contribution in [2.75, 3.05) is 0 Å². The Morgan fingerprint density at radius 1 is 1.29 bits per heavy atom. The number of hydrogen-bond donors (Lipinski definition) is 1. The number of carbonyl (C=O) groups excluding carboxylic acids is 1. The molecule has 2 aromatic heterocycles. The molecule has 0 saturated carbocycles. The number of pyridine rings is 1. The molecule has 0 aliphatic rings. The number of nitrogens with one attached hydrogen (secondary N) is 1. The Hall–Kier alpha value is -2.37. The van der Waals surface area contributed by atoms with Crippen LogP contribution in [0.4, 0.5) is 4.79 Å². The van der Waals surface area contributed by atoms with Gasteiger partial charge in [-0.3, -0.25) is 4.98 Å². The lowest BCUT2D eigenvalue weighted by Crippen LogP contribution is -2.34. The zero-order valence-corrected chi connectivity index (χ0v) is 12.7. The maximum absolute atomic E-state index is 11.8. The van der Waals surface area contributed by atoms with Crippen molar-refractivity contribution in [3.8, 4) is 5.69 Å². The van der Waals surface area contributed by atoms with Gasteiger partial charge in [0.1, 0.15) is 5.60 Å². The first-order chi connectivity index (χ1) is 9.87. The van der Waals surface area contributed by atoms with Crippen LogP contribution in [-0.4, -0.2) is 26.2 Å². The average molecular weight is 288 g/mol. The van der Waals surface area contributed by atoms with Crippen LogP contribution in [0.1, 0.15) is 39.4 Å². The molecule has 1 atom stereocenters. The molecule has 1 N–H and O–H groups in total. The van der Waals surface area contributed by atoms with E-state index in [4.69, 9.17) is 4.74 Å². The minimum absolute atomic E-state index is 0.226. The predicted octanol–water partition coefficient (Wildman–Crippen LogP) is 2.85.